The van der Waals surface area contributed by atoms with Crippen LogP contribution in [0.15, 0.2) is 0 Å². The molecule has 5 nitrogen and oxygen atoms in total. The van der Waals surface area contributed by atoms with Crippen molar-refractivity contribution in [2.45, 2.75) is 34.6 Å². The Morgan fingerprint density at radius 2 is 1.47 bits per heavy atom. The predicted octanol–water partition coefficient (Wildman–Crippen LogP) is 1.17. The van der Waals surface area contributed by atoms with Gasteiger partial charge in [0.2, 0.25) is 5.91 Å². The molecule has 0 spiro atoms. The first kappa shape index (κ1) is 21.6. The van der Waals surface area contributed by atoms with E-state index in [0.29, 0.717) is 39.5 Å². The van der Waals surface area contributed by atoms with Crippen LogP contribution >= 0.6 is 0 Å². The van der Waals surface area contributed by atoms with E-state index in [-0.39, 0.29) is 5.91 Å². The lowest BCUT2D eigenvalue weighted by atomic mass is 10.6. The van der Waals surface area contributed by atoms with E-state index < -0.39 is 0 Å². The Morgan fingerprint density at radius 1 is 1.00 bits per heavy atom. The van der Waals surface area contributed by atoms with Gasteiger partial charge >= 0.3 is 0 Å². The van der Waals surface area contributed by atoms with Crippen molar-refractivity contribution in [3.8, 4) is 0 Å². The van der Waals surface area contributed by atoms with Crippen molar-refractivity contribution < 1.29 is 14.3 Å². The van der Waals surface area contributed by atoms with Crippen LogP contribution in [0.2, 0.25) is 0 Å². The molecule has 0 aliphatic rings. The summed E-state index contributed by atoms with van der Waals surface area (Å²) in [6.45, 7) is 12.7. The molecule has 17 heavy (non-hydrogen) atoms. The number of amides is 1. The molecule has 0 aromatic rings. The molecule has 3 N–H and O–H groups in total. The molecule has 0 unspecified atom stereocenters. The normalized spacial score (nSPS) is 8.35. The summed E-state index contributed by atoms with van der Waals surface area (Å²) in [5.74, 6) is -0.0389. The zero-order valence-electron chi connectivity index (χ0n) is 12.0. The molecule has 0 rings (SSSR count). The molecule has 0 aromatic carbocycles. The first-order valence-corrected chi connectivity index (χ1v) is 6.37. The summed E-state index contributed by atoms with van der Waals surface area (Å²) >= 11 is 0. The molecule has 5 heteroatoms. The minimum atomic E-state index is -0.0389. The average Bonchev–Trinajstić information content (AvgIpc) is 2.37. The first-order valence-electron chi connectivity index (χ1n) is 6.37. The van der Waals surface area contributed by atoms with Crippen molar-refractivity contribution in [2.75, 3.05) is 39.5 Å². The second-order valence-corrected chi connectivity index (χ2v) is 2.50. The minimum absolute atomic E-state index is 0.0389. The summed E-state index contributed by atoms with van der Waals surface area (Å²) < 4.78 is 10.2. The maximum absolute atomic E-state index is 10.4. The Balaban J connectivity index is -0.000000439. The summed E-state index contributed by atoms with van der Waals surface area (Å²) in [5, 5.41) is 2.62. The maximum atomic E-state index is 10.4. The van der Waals surface area contributed by atoms with Crippen LogP contribution in [0.1, 0.15) is 34.6 Å². The summed E-state index contributed by atoms with van der Waals surface area (Å²) in [6.07, 6.45) is 0. The lowest BCUT2D eigenvalue weighted by molar-refractivity contribution is -0.119. The zero-order chi connectivity index (χ0) is 13.9. The van der Waals surface area contributed by atoms with Crippen LogP contribution in [0.4, 0.5) is 0 Å². The van der Waals surface area contributed by atoms with Crippen molar-refractivity contribution in [1.29, 1.82) is 0 Å². The van der Waals surface area contributed by atoms with Crippen molar-refractivity contribution in [3.63, 3.8) is 0 Å². The Hall–Kier alpha value is -0.650. The third kappa shape index (κ3) is 31.3. The summed E-state index contributed by atoms with van der Waals surface area (Å²) in [4.78, 5) is 10.4. The number of rotatable bonds is 8. The fourth-order valence-corrected chi connectivity index (χ4v) is 0.705. The standard InChI is InChI=1S/C8H18N2O3.2C2H6/c1-8(11)10-3-5-13-7-6-12-4-2-9;2*1-2/h2-7,9H2,1H3,(H,10,11);2*1-2H3. The van der Waals surface area contributed by atoms with Crippen molar-refractivity contribution >= 4 is 5.91 Å². The molecule has 0 fully saturated rings. The number of nitrogens with one attached hydrogen (secondary N) is 1. The van der Waals surface area contributed by atoms with E-state index in [9.17, 15) is 4.79 Å². The van der Waals surface area contributed by atoms with Gasteiger partial charge in [-0.1, -0.05) is 27.7 Å². The van der Waals surface area contributed by atoms with Crippen LogP contribution < -0.4 is 11.1 Å². The highest BCUT2D eigenvalue weighted by Gasteiger charge is 1.91. The number of ether oxygens (including phenoxy) is 2. The van der Waals surface area contributed by atoms with Crippen molar-refractivity contribution in [3.05, 3.63) is 0 Å². The Bertz CT molecular complexity index is 133. The number of carbonyl (C=O) groups is 1. The third-order valence-electron chi connectivity index (χ3n) is 1.25. The number of carbonyl (C=O) groups excluding carboxylic acids is 1. The minimum Gasteiger partial charge on any atom is -0.378 e. The predicted molar refractivity (Wildman–Crippen MR) is 72.1 cm³/mol. The number of hydrogen-bond acceptors (Lipinski definition) is 4. The van der Waals surface area contributed by atoms with E-state index in [2.05, 4.69) is 5.32 Å². The molecule has 0 heterocycles. The first-order chi connectivity index (χ1) is 8.27. The van der Waals surface area contributed by atoms with E-state index in [4.69, 9.17) is 15.2 Å². The third-order valence-corrected chi connectivity index (χ3v) is 1.25. The van der Waals surface area contributed by atoms with Crippen molar-refractivity contribution in [1.82, 2.24) is 5.32 Å². The fraction of sp³-hybridized carbons (Fsp3) is 0.917. The quantitative estimate of drug-likeness (QED) is 0.634. The topological polar surface area (TPSA) is 73.6 Å². The van der Waals surface area contributed by atoms with Crippen LogP contribution in [0.3, 0.4) is 0 Å². The van der Waals surface area contributed by atoms with Gasteiger partial charge in [0.1, 0.15) is 0 Å². The molecule has 0 aliphatic carbocycles. The van der Waals surface area contributed by atoms with Gasteiger partial charge in [0.15, 0.2) is 0 Å². The molecule has 0 atom stereocenters. The highest BCUT2D eigenvalue weighted by Crippen LogP contribution is 1.77. The summed E-state index contributed by atoms with van der Waals surface area (Å²) in [7, 11) is 0. The van der Waals surface area contributed by atoms with Crippen LogP contribution in [0.25, 0.3) is 0 Å². The molecule has 0 aromatic heterocycles. The lowest BCUT2D eigenvalue weighted by Crippen LogP contribution is -2.25. The van der Waals surface area contributed by atoms with Gasteiger partial charge in [-0.2, -0.15) is 0 Å². The molecule has 0 radical (unpaired) electrons. The number of nitrogens with two attached hydrogens (primary N) is 1. The Kier molecular flexibility index (Phi) is 31.2. The van der Waals surface area contributed by atoms with Gasteiger partial charge in [-0.05, 0) is 0 Å². The molecule has 0 aliphatic heterocycles. The van der Waals surface area contributed by atoms with Gasteiger partial charge in [-0.3, -0.25) is 4.79 Å². The van der Waals surface area contributed by atoms with Gasteiger partial charge in [0, 0.05) is 20.0 Å². The van der Waals surface area contributed by atoms with E-state index >= 15 is 0 Å². The second kappa shape index (κ2) is 24.5. The van der Waals surface area contributed by atoms with Crippen molar-refractivity contribution in [2.24, 2.45) is 5.73 Å². The van der Waals surface area contributed by atoms with E-state index in [1.807, 2.05) is 27.7 Å². The Morgan fingerprint density at radius 3 is 1.88 bits per heavy atom. The zero-order valence-corrected chi connectivity index (χ0v) is 12.0. The average molecular weight is 250 g/mol. The van der Waals surface area contributed by atoms with Crippen LogP contribution in [-0.4, -0.2) is 45.4 Å². The van der Waals surface area contributed by atoms with Crippen LogP contribution in [0.5, 0.6) is 0 Å². The smallest absolute Gasteiger partial charge is 0.216 e. The van der Waals surface area contributed by atoms with Crippen LogP contribution in [-0.2, 0) is 14.3 Å². The second-order valence-electron chi connectivity index (χ2n) is 2.50. The number of hydrogen-bond donors (Lipinski definition) is 2. The van der Waals surface area contributed by atoms with Crippen LogP contribution in [0, 0.1) is 0 Å². The summed E-state index contributed by atoms with van der Waals surface area (Å²) in [5.41, 5.74) is 5.21. The fourth-order valence-electron chi connectivity index (χ4n) is 0.705. The van der Waals surface area contributed by atoms with Gasteiger partial charge in [-0.15, -0.1) is 0 Å². The molecule has 106 valence electrons. The summed E-state index contributed by atoms with van der Waals surface area (Å²) in [6, 6.07) is 0. The van der Waals surface area contributed by atoms with E-state index in [0.717, 1.165) is 0 Å². The van der Waals surface area contributed by atoms with E-state index in [1.165, 1.54) is 6.92 Å². The highest BCUT2D eigenvalue weighted by molar-refractivity contribution is 5.72. The van der Waals surface area contributed by atoms with Gasteiger partial charge in [0.25, 0.3) is 0 Å². The largest absolute Gasteiger partial charge is 0.378 e. The van der Waals surface area contributed by atoms with Gasteiger partial charge in [-0.25, -0.2) is 0 Å². The van der Waals surface area contributed by atoms with Gasteiger partial charge in [0.05, 0.1) is 26.4 Å². The molecule has 1 amide bonds. The SMILES string of the molecule is CC.CC.CC(=O)NCCOCCOCCN. The maximum Gasteiger partial charge on any atom is 0.216 e. The molecule has 0 saturated carbocycles. The lowest BCUT2D eigenvalue weighted by Gasteiger charge is -2.04. The molecule has 0 saturated heterocycles. The van der Waals surface area contributed by atoms with Gasteiger partial charge < -0.3 is 20.5 Å². The molecular formula is C12H30N2O3. The molecular weight excluding hydrogens is 220 g/mol. The monoisotopic (exact) mass is 250 g/mol. The molecule has 0 bridgehead atoms. The van der Waals surface area contributed by atoms with E-state index in [1.54, 1.807) is 0 Å². The Labute approximate surface area is 106 Å². The highest BCUT2D eigenvalue weighted by atomic mass is 16.5.